The summed E-state index contributed by atoms with van der Waals surface area (Å²) in [6, 6.07) is 8.85. The first kappa shape index (κ1) is 16.4. The number of amides is 1. The molecule has 0 bridgehead atoms. The molecule has 2 rings (SSSR count). The van der Waals surface area contributed by atoms with Crippen molar-refractivity contribution < 1.29 is 9.90 Å². The fourth-order valence-electron chi connectivity index (χ4n) is 2.48. The van der Waals surface area contributed by atoms with Crippen molar-refractivity contribution in [2.24, 2.45) is 0 Å². The van der Waals surface area contributed by atoms with Gasteiger partial charge in [0, 0.05) is 36.3 Å². The average Bonchev–Trinajstić information content (AvgIpc) is 2.43. The number of aliphatic hydroxyl groups excluding tert-OH is 1. The molecule has 1 aromatic rings. The largest absolute Gasteiger partial charge is 0.396 e. The van der Waals surface area contributed by atoms with Gasteiger partial charge in [-0.3, -0.25) is 4.79 Å². The molecule has 4 heteroatoms. The molecule has 0 radical (unpaired) electrons. The Balaban J connectivity index is 1.77. The molecule has 1 saturated carbocycles. The van der Waals surface area contributed by atoms with Gasteiger partial charge in [-0.05, 0) is 44.7 Å². The van der Waals surface area contributed by atoms with Crippen LogP contribution in [0.25, 0.3) is 0 Å². The molecule has 0 heterocycles. The van der Waals surface area contributed by atoms with Crippen LogP contribution in [0.5, 0.6) is 0 Å². The van der Waals surface area contributed by atoms with Gasteiger partial charge in [0.25, 0.3) is 0 Å². The van der Waals surface area contributed by atoms with Crippen molar-refractivity contribution in [2.75, 3.05) is 18.9 Å². The fraction of sp³-hybridized carbons (Fsp3) is 0.588. The molecule has 0 saturated heterocycles. The Morgan fingerprint density at radius 2 is 2.05 bits per heavy atom. The monoisotopic (exact) mass is 307 g/mol. The van der Waals surface area contributed by atoms with Crippen LogP contribution in [0.3, 0.4) is 0 Å². The topological polar surface area (TPSA) is 40.5 Å². The summed E-state index contributed by atoms with van der Waals surface area (Å²) >= 11 is 1.74. The van der Waals surface area contributed by atoms with E-state index >= 15 is 0 Å². The molecule has 1 aliphatic carbocycles. The Labute approximate surface area is 131 Å². The highest BCUT2D eigenvalue weighted by molar-refractivity contribution is 7.99. The van der Waals surface area contributed by atoms with Crippen molar-refractivity contribution >= 4 is 17.7 Å². The first-order chi connectivity index (χ1) is 10.2. The molecule has 0 atom stereocenters. The molecule has 1 aromatic carbocycles. The minimum Gasteiger partial charge on any atom is -0.396 e. The van der Waals surface area contributed by atoms with E-state index in [2.05, 4.69) is 31.2 Å². The lowest BCUT2D eigenvalue weighted by atomic mass is 9.91. The SMILES string of the molecule is Cc1ccc(SCCC(=O)N(CCCO)C2CCC2)cc1. The van der Waals surface area contributed by atoms with Gasteiger partial charge in [-0.25, -0.2) is 0 Å². The number of nitrogens with zero attached hydrogens (tertiary/aromatic N) is 1. The highest BCUT2D eigenvalue weighted by Gasteiger charge is 2.27. The third-order valence-electron chi connectivity index (χ3n) is 4.00. The van der Waals surface area contributed by atoms with Gasteiger partial charge < -0.3 is 10.0 Å². The Hall–Kier alpha value is -1.00. The van der Waals surface area contributed by atoms with Crippen LogP contribution in [0.2, 0.25) is 0 Å². The lowest BCUT2D eigenvalue weighted by molar-refractivity contribution is -0.134. The van der Waals surface area contributed by atoms with E-state index in [1.54, 1.807) is 11.8 Å². The van der Waals surface area contributed by atoms with Crippen LogP contribution in [0.15, 0.2) is 29.2 Å². The Bertz CT molecular complexity index is 443. The second kappa shape index (κ2) is 8.44. The van der Waals surface area contributed by atoms with Crippen molar-refractivity contribution in [2.45, 2.75) is 50.0 Å². The van der Waals surface area contributed by atoms with Gasteiger partial charge in [0.05, 0.1) is 0 Å². The number of benzene rings is 1. The summed E-state index contributed by atoms with van der Waals surface area (Å²) in [5.41, 5.74) is 1.26. The smallest absolute Gasteiger partial charge is 0.223 e. The normalized spacial score (nSPS) is 14.8. The van der Waals surface area contributed by atoms with Crippen LogP contribution in [0.1, 0.15) is 37.7 Å². The van der Waals surface area contributed by atoms with Crippen molar-refractivity contribution in [3.8, 4) is 0 Å². The second-order valence-electron chi connectivity index (χ2n) is 5.66. The van der Waals surface area contributed by atoms with Gasteiger partial charge in [0.15, 0.2) is 0 Å². The summed E-state index contributed by atoms with van der Waals surface area (Å²) in [6.45, 7) is 2.94. The number of carbonyl (C=O) groups is 1. The standard InChI is InChI=1S/C17H25NO2S/c1-14-6-8-16(9-7-14)21-13-10-17(20)18(11-3-12-19)15-4-2-5-15/h6-9,15,19H,2-5,10-13H2,1H3. The number of rotatable bonds is 8. The maximum atomic E-state index is 12.4. The van der Waals surface area contributed by atoms with Gasteiger partial charge in [0.1, 0.15) is 0 Å². The first-order valence-electron chi connectivity index (χ1n) is 7.80. The second-order valence-corrected chi connectivity index (χ2v) is 6.83. The average molecular weight is 307 g/mol. The number of hydrogen-bond donors (Lipinski definition) is 1. The molecule has 0 spiro atoms. The Kier molecular flexibility index (Phi) is 6.58. The van der Waals surface area contributed by atoms with Gasteiger partial charge >= 0.3 is 0 Å². The predicted molar refractivity (Wildman–Crippen MR) is 87.6 cm³/mol. The van der Waals surface area contributed by atoms with Crippen LogP contribution < -0.4 is 0 Å². The van der Waals surface area contributed by atoms with Crippen molar-refractivity contribution in [3.63, 3.8) is 0 Å². The number of carbonyl (C=O) groups excluding carboxylic acids is 1. The van der Waals surface area contributed by atoms with E-state index in [0.29, 0.717) is 25.4 Å². The molecule has 21 heavy (non-hydrogen) atoms. The fourth-order valence-corrected chi connectivity index (χ4v) is 3.33. The molecule has 0 aliphatic heterocycles. The summed E-state index contributed by atoms with van der Waals surface area (Å²) in [7, 11) is 0. The quantitative estimate of drug-likeness (QED) is 0.750. The number of thioether (sulfide) groups is 1. The van der Waals surface area contributed by atoms with E-state index in [1.807, 2.05) is 4.90 Å². The zero-order chi connectivity index (χ0) is 15.1. The Morgan fingerprint density at radius 1 is 1.33 bits per heavy atom. The van der Waals surface area contributed by atoms with Gasteiger partial charge in [0.2, 0.25) is 5.91 Å². The zero-order valence-corrected chi connectivity index (χ0v) is 13.6. The van der Waals surface area contributed by atoms with Crippen LogP contribution >= 0.6 is 11.8 Å². The van der Waals surface area contributed by atoms with E-state index < -0.39 is 0 Å². The molecular formula is C17H25NO2S. The van der Waals surface area contributed by atoms with E-state index in [9.17, 15) is 4.79 Å². The highest BCUT2D eigenvalue weighted by Crippen LogP contribution is 2.26. The lowest BCUT2D eigenvalue weighted by Gasteiger charge is -2.37. The minimum atomic E-state index is 0.161. The third-order valence-corrected chi connectivity index (χ3v) is 5.01. The predicted octanol–water partition coefficient (Wildman–Crippen LogP) is 3.24. The van der Waals surface area contributed by atoms with Crippen LogP contribution in [-0.4, -0.2) is 40.9 Å². The first-order valence-corrected chi connectivity index (χ1v) is 8.79. The van der Waals surface area contributed by atoms with Crippen molar-refractivity contribution in [3.05, 3.63) is 29.8 Å². The third kappa shape index (κ3) is 5.04. The summed E-state index contributed by atoms with van der Waals surface area (Å²) < 4.78 is 0. The molecular weight excluding hydrogens is 282 g/mol. The maximum Gasteiger partial charge on any atom is 0.223 e. The molecule has 0 aromatic heterocycles. The molecule has 0 unspecified atom stereocenters. The van der Waals surface area contributed by atoms with E-state index in [4.69, 9.17) is 5.11 Å². The van der Waals surface area contributed by atoms with Crippen molar-refractivity contribution in [1.29, 1.82) is 0 Å². The summed E-state index contributed by atoms with van der Waals surface area (Å²) in [6.07, 6.45) is 4.75. The molecule has 3 nitrogen and oxygen atoms in total. The van der Waals surface area contributed by atoms with E-state index in [0.717, 1.165) is 18.6 Å². The summed E-state index contributed by atoms with van der Waals surface area (Å²) in [4.78, 5) is 15.6. The van der Waals surface area contributed by atoms with E-state index in [1.165, 1.54) is 16.9 Å². The van der Waals surface area contributed by atoms with Gasteiger partial charge in [-0.1, -0.05) is 17.7 Å². The molecule has 1 amide bonds. The van der Waals surface area contributed by atoms with Crippen LogP contribution in [0, 0.1) is 6.92 Å². The van der Waals surface area contributed by atoms with Gasteiger partial charge in [-0.2, -0.15) is 0 Å². The number of aryl methyl sites for hydroxylation is 1. The molecule has 116 valence electrons. The van der Waals surface area contributed by atoms with E-state index in [-0.39, 0.29) is 12.5 Å². The number of hydrogen-bond acceptors (Lipinski definition) is 3. The molecule has 1 fully saturated rings. The summed E-state index contributed by atoms with van der Waals surface area (Å²) in [5.74, 6) is 1.07. The molecule has 1 N–H and O–H groups in total. The van der Waals surface area contributed by atoms with Crippen LogP contribution in [0.4, 0.5) is 0 Å². The highest BCUT2D eigenvalue weighted by atomic mass is 32.2. The number of aliphatic hydroxyl groups is 1. The Morgan fingerprint density at radius 3 is 2.62 bits per heavy atom. The van der Waals surface area contributed by atoms with Crippen molar-refractivity contribution in [1.82, 2.24) is 4.90 Å². The molecule has 1 aliphatic rings. The summed E-state index contributed by atoms with van der Waals surface area (Å²) in [5, 5.41) is 8.97. The van der Waals surface area contributed by atoms with Gasteiger partial charge in [-0.15, -0.1) is 11.8 Å². The maximum absolute atomic E-state index is 12.4. The lowest BCUT2D eigenvalue weighted by Crippen LogP contribution is -2.45. The van der Waals surface area contributed by atoms with Crippen LogP contribution in [-0.2, 0) is 4.79 Å². The minimum absolute atomic E-state index is 0.161. The zero-order valence-electron chi connectivity index (χ0n) is 12.8.